The molecule has 0 amide bonds. The third-order valence-corrected chi connectivity index (χ3v) is 1.47. The van der Waals surface area contributed by atoms with Crippen LogP contribution in [0.15, 0.2) is 21.9 Å². The lowest BCUT2D eigenvalue weighted by Crippen LogP contribution is -2.28. The SMILES string of the molecule is Cc1cn(/C=C/C=O)c(=O)[nH]c1=O. The summed E-state index contributed by atoms with van der Waals surface area (Å²) >= 11 is 0. The van der Waals surface area contributed by atoms with Gasteiger partial charge in [0.2, 0.25) is 0 Å². The van der Waals surface area contributed by atoms with E-state index in [2.05, 4.69) is 4.98 Å². The van der Waals surface area contributed by atoms with Gasteiger partial charge >= 0.3 is 5.69 Å². The predicted molar refractivity (Wildman–Crippen MR) is 47.5 cm³/mol. The van der Waals surface area contributed by atoms with Gasteiger partial charge in [-0.05, 0) is 13.0 Å². The lowest BCUT2D eigenvalue weighted by atomic mass is 10.4. The fourth-order valence-corrected chi connectivity index (χ4v) is 0.825. The van der Waals surface area contributed by atoms with Crippen molar-refractivity contribution in [2.75, 3.05) is 0 Å². The minimum Gasteiger partial charge on any atom is -0.299 e. The molecule has 0 aliphatic heterocycles. The van der Waals surface area contributed by atoms with Gasteiger partial charge in [-0.1, -0.05) is 0 Å². The maximum atomic E-state index is 11.0. The van der Waals surface area contributed by atoms with Gasteiger partial charge in [-0.2, -0.15) is 0 Å². The van der Waals surface area contributed by atoms with Crippen LogP contribution >= 0.6 is 0 Å². The van der Waals surface area contributed by atoms with Gasteiger partial charge in [0.05, 0.1) is 0 Å². The van der Waals surface area contributed by atoms with Crippen LogP contribution in [0.25, 0.3) is 6.20 Å². The second-order valence-corrected chi connectivity index (χ2v) is 2.46. The number of aromatic amines is 1. The minimum atomic E-state index is -0.561. The fraction of sp³-hybridized carbons (Fsp3) is 0.125. The van der Waals surface area contributed by atoms with Gasteiger partial charge in [-0.3, -0.25) is 19.1 Å². The Morgan fingerprint density at radius 3 is 2.77 bits per heavy atom. The summed E-state index contributed by atoms with van der Waals surface area (Å²) in [5, 5.41) is 0. The van der Waals surface area contributed by atoms with E-state index in [1.165, 1.54) is 18.5 Å². The summed E-state index contributed by atoms with van der Waals surface area (Å²) in [7, 11) is 0. The second-order valence-electron chi connectivity index (χ2n) is 2.46. The Bertz CT molecular complexity index is 453. The molecule has 1 heterocycles. The zero-order valence-corrected chi connectivity index (χ0v) is 6.98. The van der Waals surface area contributed by atoms with Crippen molar-refractivity contribution in [2.45, 2.75) is 6.92 Å². The number of aromatic nitrogens is 2. The highest BCUT2D eigenvalue weighted by Gasteiger charge is 1.96. The van der Waals surface area contributed by atoms with E-state index in [0.717, 1.165) is 4.57 Å². The number of carbonyl (C=O) groups is 1. The predicted octanol–water partition coefficient (Wildman–Crippen LogP) is -0.485. The zero-order chi connectivity index (χ0) is 9.84. The molecule has 0 atom stereocenters. The Balaban J connectivity index is 3.32. The van der Waals surface area contributed by atoms with Crippen LogP contribution in [0.3, 0.4) is 0 Å². The first-order valence-electron chi connectivity index (χ1n) is 3.59. The molecule has 5 heteroatoms. The number of hydrogen-bond acceptors (Lipinski definition) is 3. The van der Waals surface area contributed by atoms with Crippen molar-refractivity contribution in [1.82, 2.24) is 9.55 Å². The smallest absolute Gasteiger partial charge is 0.299 e. The average Bonchev–Trinajstić information content (AvgIpc) is 2.09. The molecular weight excluding hydrogens is 172 g/mol. The van der Waals surface area contributed by atoms with Gasteiger partial charge in [0.25, 0.3) is 5.56 Å². The Morgan fingerprint density at radius 1 is 1.46 bits per heavy atom. The quantitative estimate of drug-likeness (QED) is 0.493. The van der Waals surface area contributed by atoms with E-state index in [1.54, 1.807) is 6.92 Å². The second kappa shape index (κ2) is 3.66. The van der Waals surface area contributed by atoms with Crippen molar-refractivity contribution in [3.63, 3.8) is 0 Å². The molecule has 0 saturated carbocycles. The van der Waals surface area contributed by atoms with E-state index in [9.17, 15) is 14.4 Å². The Morgan fingerprint density at radius 2 is 2.15 bits per heavy atom. The van der Waals surface area contributed by atoms with Gasteiger partial charge in [-0.15, -0.1) is 0 Å². The lowest BCUT2D eigenvalue weighted by Gasteiger charge is -1.96. The average molecular weight is 180 g/mol. The standard InChI is InChI=1S/C8H8N2O3/c1-6-5-10(3-2-4-11)8(13)9-7(6)12/h2-5H,1H3,(H,9,12,13)/b3-2+. The molecule has 0 aliphatic carbocycles. The van der Waals surface area contributed by atoms with Crippen molar-refractivity contribution in [3.8, 4) is 0 Å². The molecule has 1 rings (SSSR count). The number of H-pyrrole nitrogens is 1. The summed E-state index contributed by atoms with van der Waals surface area (Å²) in [6.45, 7) is 1.57. The van der Waals surface area contributed by atoms with E-state index in [1.807, 2.05) is 0 Å². The largest absolute Gasteiger partial charge is 0.332 e. The highest BCUT2D eigenvalue weighted by Crippen LogP contribution is 1.84. The number of rotatable bonds is 2. The Kier molecular flexibility index (Phi) is 2.59. The van der Waals surface area contributed by atoms with Crippen LogP contribution in [0.4, 0.5) is 0 Å². The molecule has 5 nitrogen and oxygen atoms in total. The number of aryl methyl sites for hydroxylation is 1. The Labute approximate surface area is 73.3 Å². The number of nitrogens with one attached hydrogen (secondary N) is 1. The number of allylic oxidation sites excluding steroid dienone is 1. The summed E-state index contributed by atoms with van der Waals surface area (Å²) in [6.07, 6.45) is 4.35. The van der Waals surface area contributed by atoms with E-state index in [0.29, 0.717) is 11.8 Å². The lowest BCUT2D eigenvalue weighted by molar-refractivity contribution is -0.104. The van der Waals surface area contributed by atoms with Crippen LogP contribution in [0.5, 0.6) is 0 Å². The van der Waals surface area contributed by atoms with Gasteiger partial charge in [0.15, 0.2) is 0 Å². The van der Waals surface area contributed by atoms with E-state index >= 15 is 0 Å². The number of hydrogen-bond donors (Lipinski definition) is 1. The van der Waals surface area contributed by atoms with E-state index < -0.39 is 11.2 Å². The molecule has 1 aromatic heterocycles. The van der Waals surface area contributed by atoms with Crippen LogP contribution in [0.1, 0.15) is 5.56 Å². The maximum absolute atomic E-state index is 11.0. The maximum Gasteiger partial charge on any atom is 0.332 e. The molecule has 0 fully saturated rings. The monoisotopic (exact) mass is 180 g/mol. The first kappa shape index (κ1) is 9.18. The van der Waals surface area contributed by atoms with Crippen LogP contribution < -0.4 is 11.2 Å². The molecule has 0 unspecified atom stereocenters. The van der Waals surface area contributed by atoms with Crippen molar-refractivity contribution in [1.29, 1.82) is 0 Å². The zero-order valence-electron chi connectivity index (χ0n) is 6.98. The van der Waals surface area contributed by atoms with Crippen LogP contribution in [-0.2, 0) is 4.79 Å². The molecule has 1 aromatic rings. The van der Waals surface area contributed by atoms with Crippen molar-refractivity contribution in [3.05, 3.63) is 38.7 Å². The fourth-order valence-electron chi connectivity index (χ4n) is 0.825. The van der Waals surface area contributed by atoms with Crippen molar-refractivity contribution in [2.24, 2.45) is 0 Å². The molecule has 1 N–H and O–H groups in total. The van der Waals surface area contributed by atoms with Gasteiger partial charge in [0.1, 0.15) is 6.29 Å². The first-order valence-corrected chi connectivity index (χ1v) is 3.59. The topological polar surface area (TPSA) is 71.9 Å². The molecule has 68 valence electrons. The van der Waals surface area contributed by atoms with E-state index in [4.69, 9.17) is 0 Å². The highest BCUT2D eigenvalue weighted by atomic mass is 16.2. The number of aldehydes is 1. The summed E-state index contributed by atoms with van der Waals surface area (Å²) < 4.78 is 1.13. The van der Waals surface area contributed by atoms with Crippen molar-refractivity contribution < 1.29 is 4.79 Å². The van der Waals surface area contributed by atoms with Crippen molar-refractivity contribution >= 4 is 12.5 Å². The summed E-state index contributed by atoms with van der Waals surface area (Å²) in [4.78, 5) is 34.0. The summed E-state index contributed by atoms with van der Waals surface area (Å²) in [6, 6.07) is 0. The molecule has 0 saturated heterocycles. The number of nitrogens with zero attached hydrogens (tertiary/aromatic N) is 1. The van der Waals surface area contributed by atoms with Gasteiger partial charge in [-0.25, -0.2) is 4.79 Å². The van der Waals surface area contributed by atoms with Gasteiger partial charge < -0.3 is 0 Å². The normalized spacial score (nSPS) is 10.5. The Hall–Kier alpha value is -1.91. The van der Waals surface area contributed by atoms with E-state index in [-0.39, 0.29) is 0 Å². The molecule has 0 aromatic carbocycles. The van der Waals surface area contributed by atoms with Gasteiger partial charge in [0, 0.05) is 18.0 Å². The molecule has 0 spiro atoms. The molecule has 0 aliphatic rings. The third kappa shape index (κ3) is 2.02. The van der Waals surface area contributed by atoms with Crippen LogP contribution in [0.2, 0.25) is 0 Å². The third-order valence-electron chi connectivity index (χ3n) is 1.47. The first-order chi connectivity index (χ1) is 6.15. The van der Waals surface area contributed by atoms with Crippen LogP contribution in [-0.4, -0.2) is 15.8 Å². The van der Waals surface area contributed by atoms with Crippen LogP contribution in [0, 0.1) is 6.92 Å². The molecule has 0 bridgehead atoms. The highest BCUT2D eigenvalue weighted by molar-refractivity contribution is 5.69. The number of carbonyl (C=O) groups excluding carboxylic acids is 1. The molecular formula is C8H8N2O3. The minimum absolute atomic E-state index is 0.412. The summed E-state index contributed by atoms with van der Waals surface area (Å²) in [5.74, 6) is 0. The molecule has 13 heavy (non-hydrogen) atoms. The molecule has 0 radical (unpaired) electrons. The summed E-state index contributed by atoms with van der Waals surface area (Å²) in [5.41, 5.74) is -0.565.